The average molecular weight is 231 g/mol. The Morgan fingerprint density at radius 2 is 2.12 bits per heavy atom. The van der Waals surface area contributed by atoms with E-state index in [1.165, 1.54) is 6.92 Å². The molecule has 0 spiro atoms. The molecule has 0 atom stereocenters. The third kappa shape index (κ3) is 3.00. The minimum absolute atomic E-state index is 0.0661. The SMILES string of the molecule is CNCCC#Cc1c(C(F)(F)F)n[nH]c1C. The van der Waals surface area contributed by atoms with E-state index in [4.69, 9.17) is 0 Å². The Balaban J connectivity index is 2.93. The van der Waals surface area contributed by atoms with E-state index in [-0.39, 0.29) is 5.56 Å². The molecule has 6 heteroatoms. The maximum Gasteiger partial charge on any atom is 0.436 e. The van der Waals surface area contributed by atoms with Gasteiger partial charge in [-0.05, 0) is 14.0 Å². The first-order valence-corrected chi connectivity index (χ1v) is 4.72. The van der Waals surface area contributed by atoms with Crippen LogP contribution in [0.25, 0.3) is 0 Å². The number of hydrogen-bond acceptors (Lipinski definition) is 2. The van der Waals surface area contributed by atoms with Gasteiger partial charge in [0.05, 0.1) is 5.56 Å². The van der Waals surface area contributed by atoms with Crippen LogP contribution >= 0.6 is 0 Å². The maximum absolute atomic E-state index is 12.5. The van der Waals surface area contributed by atoms with Crippen molar-refractivity contribution in [1.82, 2.24) is 15.5 Å². The van der Waals surface area contributed by atoms with E-state index in [1.54, 1.807) is 7.05 Å². The summed E-state index contributed by atoms with van der Waals surface area (Å²) in [5.41, 5.74) is -0.671. The van der Waals surface area contributed by atoms with Gasteiger partial charge in [-0.3, -0.25) is 5.10 Å². The van der Waals surface area contributed by atoms with Crippen LogP contribution in [0.3, 0.4) is 0 Å². The molecule has 88 valence electrons. The fraction of sp³-hybridized carbons (Fsp3) is 0.500. The Hall–Kier alpha value is -1.48. The average Bonchev–Trinajstić information content (AvgIpc) is 2.54. The van der Waals surface area contributed by atoms with Crippen LogP contribution in [0.5, 0.6) is 0 Å². The highest BCUT2D eigenvalue weighted by molar-refractivity contribution is 5.42. The van der Waals surface area contributed by atoms with Gasteiger partial charge in [0.2, 0.25) is 0 Å². The number of aryl methyl sites for hydroxylation is 1. The summed E-state index contributed by atoms with van der Waals surface area (Å²) < 4.78 is 37.4. The van der Waals surface area contributed by atoms with Crippen LogP contribution < -0.4 is 5.32 Å². The van der Waals surface area contributed by atoms with Gasteiger partial charge in [0, 0.05) is 18.7 Å². The number of halogens is 3. The van der Waals surface area contributed by atoms with Crippen molar-refractivity contribution in [2.45, 2.75) is 19.5 Å². The van der Waals surface area contributed by atoms with Crippen molar-refractivity contribution in [3.8, 4) is 11.8 Å². The van der Waals surface area contributed by atoms with Crippen molar-refractivity contribution in [3.05, 3.63) is 17.0 Å². The van der Waals surface area contributed by atoms with Crippen molar-refractivity contribution in [1.29, 1.82) is 0 Å². The van der Waals surface area contributed by atoms with Crippen molar-refractivity contribution in [3.63, 3.8) is 0 Å². The zero-order chi connectivity index (χ0) is 12.2. The predicted octanol–water partition coefficient (Wildman–Crippen LogP) is 1.70. The van der Waals surface area contributed by atoms with Gasteiger partial charge in [-0.25, -0.2) is 0 Å². The lowest BCUT2D eigenvalue weighted by molar-refractivity contribution is -0.141. The number of aromatic nitrogens is 2. The highest BCUT2D eigenvalue weighted by Gasteiger charge is 2.37. The van der Waals surface area contributed by atoms with Gasteiger partial charge >= 0.3 is 6.18 Å². The van der Waals surface area contributed by atoms with E-state index in [2.05, 4.69) is 27.4 Å². The molecular weight excluding hydrogens is 219 g/mol. The van der Waals surface area contributed by atoms with Gasteiger partial charge in [-0.2, -0.15) is 18.3 Å². The number of alkyl halides is 3. The molecule has 0 saturated heterocycles. The zero-order valence-electron chi connectivity index (χ0n) is 9.00. The summed E-state index contributed by atoms with van der Waals surface area (Å²) in [6.45, 7) is 2.16. The minimum Gasteiger partial charge on any atom is -0.319 e. The molecular formula is C10H12F3N3. The summed E-state index contributed by atoms with van der Waals surface area (Å²) in [4.78, 5) is 0. The summed E-state index contributed by atoms with van der Waals surface area (Å²) in [6.07, 6.45) is -3.96. The van der Waals surface area contributed by atoms with Crippen LogP contribution in [-0.2, 0) is 6.18 Å². The van der Waals surface area contributed by atoms with Crippen molar-refractivity contribution < 1.29 is 13.2 Å². The summed E-state index contributed by atoms with van der Waals surface area (Å²) in [5.74, 6) is 5.17. The molecule has 1 rings (SSSR count). The lowest BCUT2D eigenvalue weighted by Crippen LogP contribution is -2.08. The predicted molar refractivity (Wildman–Crippen MR) is 53.7 cm³/mol. The molecule has 0 bridgehead atoms. The molecule has 1 heterocycles. The standard InChI is InChI=1S/C10H12F3N3/c1-7-8(5-3-4-6-14-2)9(16-15-7)10(11,12)13/h14H,4,6H2,1-2H3,(H,15,16). The van der Waals surface area contributed by atoms with E-state index >= 15 is 0 Å². The first-order valence-electron chi connectivity index (χ1n) is 4.72. The Morgan fingerprint density at radius 3 is 2.69 bits per heavy atom. The molecule has 0 saturated carbocycles. The van der Waals surface area contributed by atoms with Gasteiger partial charge in [-0.15, -0.1) is 0 Å². The summed E-state index contributed by atoms with van der Waals surface area (Å²) in [7, 11) is 1.76. The number of H-pyrrole nitrogens is 1. The number of nitrogens with one attached hydrogen (secondary N) is 2. The molecule has 0 radical (unpaired) electrons. The molecule has 2 N–H and O–H groups in total. The topological polar surface area (TPSA) is 40.7 Å². The van der Waals surface area contributed by atoms with E-state index in [0.29, 0.717) is 18.7 Å². The number of aromatic amines is 1. The third-order valence-electron chi connectivity index (χ3n) is 1.93. The zero-order valence-corrected chi connectivity index (χ0v) is 9.00. The van der Waals surface area contributed by atoms with E-state index in [9.17, 15) is 13.2 Å². The molecule has 1 aromatic rings. The Kier molecular flexibility index (Phi) is 3.96. The van der Waals surface area contributed by atoms with Gasteiger partial charge in [-0.1, -0.05) is 11.8 Å². The maximum atomic E-state index is 12.5. The molecule has 0 amide bonds. The second-order valence-electron chi connectivity index (χ2n) is 3.23. The fourth-order valence-corrected chi connectivity index (χ4v) is 1.13. The molecule has 0 unspecified atom stereocenters. The number of hydrogen-bond donors (Lipinski definition) is 2. The quantitative estimate of drug-likeness (QED) is 0.600. The molecule has 16 heavy (non-hydrogen) atoms. The van der Waals surface area contributed by atoms with Crippen molar-refractivity contribution >= 4 is 0 Å². The van der Waals surface area contributed by atoms with Crippen LogP contribution in [0, 0.1) is 18.8 Å². The van der Waals surface area contributed by atoms with Crippen LogP contribution in [0.4, 0.5) is 13.2 Å². The monoisotopic (exact) mass is 231 g/mol. The van der Waals surface area contributed by atoms with E-state index < -0.39 is 11.9 Å². The molecule has 0 fully saturated rings. The lowest BCUT2D eigenvalue weighted by atomic mass is 10.2. The normalized spacial score (nSPS) is 11.1. The molecule has 0 aliphatic rings. The Bertz CT molecular complexity index is 409. The Morgan fingerprint density at radius 1 is 1.44 bits per heavy atom. The van der Waals surface area contributed by atoms with Gasteiger partial charge in [0.15, 0.2) is 5.69 Å². The van der Waals surface area contributed by atoms with Crippen molar-refractivity contribution in [2.24, 2.45) is 0 Å². The molecule has 0 aromatic carbocycles. The number of nitrogens with zero attached hydrogens (tertiary/aromatic N) is 1. The van der Waals surface area contributed by atoms with Gasteiger partial charge in [0.25, 0.3) is 0 Å². The first kappa shape index (κ1) is 12.6. The molecule has 0 aliphatic heterocycles. The molecule has 1 aromatic heterocycles. The molecule has 3 nitrogen and oxygen atoms in total. The second kappa shape index (κ2) is 5.03. The minimum atomic E-state index is -4.46. The van der Waals surface area contributed by atoms with E-state index in [0.717, 1.165) is 0 Å². The summed E-state index contributed by atoms with van der Waals surface area (Å²) in [6, 6.07) is 0. The second-order valence-corrected chi connectivity index (χ2v) is 3.23. The summed E-state index contributed by atoms with van der Waals surface area (Å²) in [5, 5.41) is 8.37. The Labute approximate surface area is 91.4 Å². The van der Waals surface area contributed by atoms with Crippen LogP contribution in [-0.4, -0.2) is 23.8 Å². The fourth-order valence-electron chi connectivity index (χ4n) is 1.13. The van der Waals surface area contributed by atoms with Crippen LogP contribution in [0.2, 0.25) is 0 Å². The van der Waals surface area contributed by atoms with Crippen LogP contribution in [0.1, 0.15) is 23.4 Å². The third-order valence-corrected chi connectivity index (χ3v) is 1.93. The van der Waals surface area contributed by atoms with Gasteiger partial charge in [0.1, 0.15) is 0 Å². The largest absolute Gasteiger partial charge is 0.436 e. The summed E-state index contributed by atoms with van der Waals surface area (Å²) >= 11 is 0. The lowest BCUT2D eigenvalue weighted by Gasteiger charge is -2.01. The first-order chi connectivity index (χ1) is 7.46. The highest BCUT2D eigenvalue weighted by Crippen LogP contribution is 2.30. The van der Waals surface area contributed by atoms with Crippen LogP contribution in [0.15, 0.2) is 0 Å². The van der Waals surface area contributed by atoms with E-state index in [1.807, 2.05) is 0 Å². The van der Waals surface area contributed by atoms with Crippen molar-refractivity contribution in [2.75, 3.05) is 13.6 Å². The highest BCUT2D eigenvalue weighted by atomic mass is 19.4. The molecule has 0 aliphatic carbocycles. The smallest absolute Gasteiger partial charge is 0.319 e. The number of rotatable bonds is 2. The van der Waals surface area contributed by atoms with Gasteiger partial charge < -0.3 is 5.32 Å².